The molecule has 0 aliphatic heterocycles. The molecule has 0 unspecified atom stereocenters. The van der Waals surface area contributed by atoms with Crippen LogP contribution >= 0.6 is 0 Å². The van der Waals surface area contributed by atoms with E-state index in [4.69, 9.17) is 4.74 Å². The fourth-order valence-electron chi connectivity index (χ4n) is 2.75. The zero-order chi connectivity index (χ0) is 22.4. The Morgan fingerprint density at radius 2 is 1.52 bits per heavy atom. The number of ketones is 1. The Labute approximate surface area is 177 Å². The van der Waals surface area contributed by atoms with Gasteiger partial charge in [-0.3, -0.25) is 19.7 Å². The number of hydrogen-bond donors (Lipinski definition) is 1. The Kier molecular flexibility index (Phi) is 6.51. The topological polar surface area (TPSA) is 116 Å². The molecule has 0 aliphatic carbocycles. The lowest BCUT2D eigenvalue weighted by molar-refractivity contribution is -0.385. The fraction of sp³-hybridized carbons (Fsp3) is 0.0870. The number of ether oxygens (including phenoxy) is 1. The van der Waals surface area contributed by atoms with Crippen LogP contribution in [0.5, 0.6) is 0 Å². The zero-order valence-electron chi connectivity index (χ0n) is 16.5. The number of carbonyl (C=O) groups excluding carboxylic acids is 3. The standard InChI is InChI=1S/C23H18N2O6/c1-15-6-8-16(9-7-15)21(26)14-31-23(28)17-10-12-18(13-11-17)24-22(27)19-4-2-3-5-20(19)25(29)30/h2-13H,14H2,1H3,(H,24,27). The molecular weight excluding hydrogens is 400 g/mol. The van der Waals surface area contributed by atoms with Crippen molar-refractivity contribution in [3.8, 4) is 0 Å². The maximum Gasteiger partial charge on any atom is 0.338 e. The van der Waals surface area contributed by atoms with Crippen LogP contribution in [0.15, 0.2) is 72.8 Å². The monoisotopic (exact) mass is 418 g/mol. The molecule has 8 heteroatoms. The highest BCUT2D eigenvalue weighted by molar-refractivity contribution is 6.07. The van der Waals surface area contributed by atoms with Crippen molar-refractivity contribution < 1.29 is 24.0 Å². The second-order valence-electron chi connectivity index (χ2n) is 6.67. The first-order valence-electron chi connectivity index (χ1n) is 9.27. The predicted molar refractivity (Wildman–Crippen MR) is 113 cm³/mol. The molecule has 0 heterocycles. The van der Waals surface area contributed by atoms with Gasteiger partial charge in [0.2, 0.25) is 0 Å². The van der Waals surface area contributed by atoms with E-state index in [2.05, 4.69) is 5.32 Å². The van der Waals surface area contributed by atoms with Crippen LogP contribution < -0.4 is 5.32 Å². The number of aryl methyl sites for hydroxylation is 1. The van der Waals surface area contributed by atoms with E-state index in [1.54, 1.807) is 24.3 Å². The fourth-order valence-corrected chi connectivity index (χ4v) is 2.75. The first-order valence-corrected chi connectivity index (χ1v) is 9.27. The Balaban J connectivity index is 1.60. The number of benzene rings is 3. The van der Waals surface area contributed by atoms with Crippen LogP contribution in [-0.4, -0.2) is 29.2 Å². The molecule has 3 aromatic rings. The summed E-state index contributed by atoms with van der Waals surface area (Å²) >= 11 is 0. The van der Waals surface area contributed by atoms with Crippen LogP contribution in [0.2, 0.25) is 0 Å². The Morgan fingerprint density at radius 3 is 2.16 bits per heavy atom. The maximum atomic E-state index is 12.3. The number of anilines is 1. The number of nitrogens with zero attached hydrogens (tertiary/aromatic N) is 1. The number of nitrogens with one attached hydrogen (secondary N) is 1. The first-order chi connectivity index (χ1) is 14.8. The second-order valence-corrected chi connectivity index (χ2v) is 6.67. The van der Waals surface area contributed by atoms with Crippen molar-refractivity contribution in [3.05, 3.63) is 105 Å². The van der Waals surface area contributed by atoms with Crippen molar-refractivity contribution in [2.45, 2.75) is 6.92 Å². The smallest absolute Gasteiger partial charge is 0.338 e. The summed E-state index contributed by atoms with van der Waals surface area (Å²) in [6.07, 6.45) is 0. The van der Waals surface area contributed by atoms with Crippen LogP contribution in [0.3, 0.4) is 0 Å². The van der Waals surface area contributed by atoms with E-state index < -0.39 is 23.4 Å². The molecule has 31 heavy (non-hydrogen) atoms. The summed E-state index contributed by atoms with van der Waals surface area (Å²) in [6.45, 7) is 1.51. The largest absolute Gasteiger partial charge is 0.454 e. The molecule has 0 saturated heterocycles. The molecule has 0 bridgehead atoms. The van der Waals surface area contributed by atoms with Gasteiger partial charge in [0, 0.05) is 17.3 Å². The number of rotatable bonds is 7. The molecule has 0 atom stereocenters. The van der Waals surface area contributed by atoms with Gasteiger partial charge in [-0.25, -0.2) is 4.79 Å². The minimum atomic E-state index is -0.683. The minimum absolute atomic E-state index is 0.0781. The van der Waals surface area contributed by atoms with Gasteiger partial charge < -0.3 is 10.1 Å². The van der Waals surface area contributed by atoms with E-state index in [-0.39, 0.29) is 22.6 Å². The molecule has 0 saturated carbocycles. The number of para-hydroxylation sites is 1. The predicted octanol–water partition coefficient (Wildman–Crippen LogP) is 4.20. The van der Waals surface area contributed by atoms with Crippen molar-refractivity contribution in [1.82, 2.24) is 0 Å². The summed E-state index contributed by atoms with van der Waals surface area (Å²) in [5.41, 5.74) is 1.62. The number of hydrogen-bond acceptors (Lipinski definition) is 6. The zero-order valence-corrected chi connectivity index (χ0v) is 16.5. The van der Waals surface area contributed by atoms with E-state index in [0.717, 1.165) is 5.56 Å². The molecule has 1 N–H and O–H groups in total. The molecular formula is C23H18N2O6. The van der Waals surface area contributed by atoms with Crippen LogP contribution in [0.1, 0.15) is 36.6 Å². The van der Waals surface area contributed by atoms with Crippen molar-refractivity contribution >= 4 is 29.0 Å². The van der Waals surface area contributed by atoms with Crippen LogP contribution in [-0.2, 0) is 4.74 Å². The number of amides is 1. The molecule has 156 valence electrons. The van der Waals surface area contributed by atoms with Crippen LogP contribution in [0.25, 0.3) is 0 Å². The lowest BCUT2D eigenvalue weighted by Crippen LogP contribution is -2.15. The lowest BCUT2D eigenvalue weighted by atomic mass is 10.1. The van der Waals surface area contributed by atoms with Crippen molar-refractivity contribution in [3.63, 3.8) is 0 Å². The second kappa shape index (κ2) is 9.45. The number of nitro groups is 1. The van der Waals surface area contributed by atoms with Gasteiger partial charge in [0.1, 0.15) is 5.56 Å². The number of Topliss-reactive ketones (excluding diaryl/α,β-unsaturated/α-hetero) is 1. The van der Waals surface area contributed by atoms with Gasteiger partial charge in [0.25, 0.3) is 11.6 Å². The molecule has 0 aliphatic rings. The molecule has 0 radical (unpaired) electrons. The molecule has 0 fully saturated rings. The summed E-state index contributed by atoms with van der Waals surface area (Å²) in [4.78, 5) is 47.1. The van der Waals surface area contributed by atoms with E-state index in [0.29, 0.717) is 11.3 Å². The van der Waals surface area contributed by atoms with Crippen LogP contribution in [0.4, 0.5) is 11.4 Å². The third-order valence-corrected chi connectivity index (χ3v) is 4.43. The van der Waals surface area contributed by atoms with Crippen molar-refractivity contribution in [1.29, 1.82) is 0 Å². The van der Waals surface area contributed by atoms with E-state index >= 15 is 0 Å². The minimum Gasteiger partial charge on any atom is -0.454 e. The Morgan fingerprint density at radius 1 is 0.903 bits per heavy atom. The van der Waals surface area contributed by atoms with Gasteiger partial charge in [0.15, 0.2) is 12.4 Å². The number of esters is 1. The van der Waals surface area contributed by atoms with Gasteiger partial charge in [-0.05, 0) is 37.3 Å². The van der Waals surface area contributed by atoms with Gasteiger partial charge in [-0.1, -0.05) is 42.0 Å². The third-order valence-electron chi connectivity index (χ3n) is 4.43. The summed E-state index contributed by atoms with van der Waals surface area (Å²) in [5, 5.41) is 13.6. The molecule has 3 rings (SSSR count). The van der Waals surface area contributed by atoms with Crippen molar-refractivity contribution in [2.75, 3.05) is 11.9 Å². The van der Waals surface area contributed by atoms with Crippen LogP contribution in [0, 0.1) is 17.0 Å². The Hall–Kier alpha value is -4.33. The third kappa shape index (κ3) is 5.39. The molecule has 0 aromatic heterocycles. The summed E-state index contributed by atoms with van der Waals surface area (Å²) in [7, 11) is 0. The lowest BCUT2D eigenvalue weighted by Gasteiger charge is -2.08. The van der Waals surface area contributed by atoms with Gasteiger partial charge in [-0.2, -0.15) is 0 Å². The molecule has 3 aromatic carbocycles. The Bertz CT molecular complexity index is 1140. The maximum absolute atomic E-state index is 12.3. The normalized spacial score (nSPS) is 10.2. The SMILES string of the molecule is Cc1ccc(C(=O)COC(=O)c2ccc(NC(=O)c3ccccc3[N+](=O)[O-])cc2)cc1. The highest BCUT2D eigenvalue weighted by atomic mass is 16.6. The van der Waals surface area contributed by atoms with E-state index in [9.17, 15) is 24.5 Å². The first kappa shape index (κ1) is 21.4. The summed E-state index contributed by atoms with van der Waals surface area (Å²) in [5.74, 6) is -1.65. The average molecular weight is 418 g/mol. The van der Waals surface area contributed by atoms with Gasteiger partial charge in [-0.15, -0.1) is 0 Å². The molecule has 0 spiro atoms. The van der Waals surface area contributed by atoms with Crippen molar-refractivity contribution in [2.24, 2.45) is 0 Å². The van der Waals surface area contributed by atoms with E-state index in [1.807, 2.05) is 6.92 Å². The van der Waals surface area contributed by atoms with E-state index in [1.165, 1.54) is 48.5 Å². The summed E-state index contributed by atoms with van der Waals surface area (Å²) in [6, 6.07) is 18.3. The number of carbonyl (C=O) groups is 3. The van der Waals surface area contributed by atoms with Gasteiger partial charge in [0.05, 0.1) is 10.5 Å². The molecule has 8 nitrogen and oxygen atoms in total. The molecule has 1 amide bonds. The number of nitro benzene ring substituents is 1. The summed E-state index contributed by atoms with van der Waals surface area (Å²) < 4.78 is 5.06. The van der Waals surface area contributed by atoms with Gasteiger partial charge >= 0.3 is 5.97 Å². The quantitative estimate of drug-likeness (QED) is 0.266. The highest BCUT2D eigenvalue weighted by Gasteiger charge is 2.19. The highest BCUT2D eigenvalue weighted by Crippen LogP contribution is 2.20. The average Bonchev–Trinajstić information content (AvgIpc) is 2.78.